The average Bonchev–Trinajstić information content (AvgIpc) is 2.45. The minimum atomic E-state index is 0.250. The maximum Gasteiger partial charge on any atom is 0.217 e. The van der Waals surface area contributed by atoms with Crippen molar-refractivity contribution in [1.29, 1.82) is 0 Å². The molecule has 0 aliphatic carbocycles. The lowest BCUT2D eigenvalue weighted by Gasteiger charge is -2.12. The van der Waals surface area contributed by atoms with Crippen molar-refractivity contribution in [1.82, 2.24) is 4.98 Å². The summed E-state index contributed by atoms with van der Waals surface area (Å²) in [5.74, 6) is 0.541. The first kappa shape index (κ1) is 13.9. The lowest BCUT2D eigenvalue weighted by atomic mass is 10.1. The molecule has 0 saturated carbocycles. The van der Waals surface area contributed by atoms with Crippen LogP contribution in [0.3, 0.4) is 0 Å². The molecule has 20 heavy (non-hydrogen) atoms. The van der Waals surface area contributed by atoms with Gasteiger partial charge in [0.05, 0.1) is 6.54 Å². The molecule has 0 atom stereocenters. The Hall–Kier alpha value is -2.52. The Bertz CT molecular complexity index is 634. The molecule has 0 aliphatic rings. The quantitative estimate of drug-likeness (QED) is 0.465. The van der Waals surface area contributed by atoms with E-state index in [1.54, 1.807) is 0 Å². The molecule has 0 radical (unpaired) electrons. The van der Waals surface area contributed by atoms with Gasteiger partial charge in [0.1, 0.15) is 6.61 Å². The van der Waals surface area contributed by atoms with Crippen molar-refractivity contribution in [2.45, 2.75) is 27.0 Å². The van der Waals surface area contributed by atoms with E-state index in [2.05, 4.69) is 15.0 Å². The third-order valence-electron chi connectivity index (χ3n) is 2.95. The Balaban J connectivity index is 2.23. The Morgan fingerprint density at radius 1 is 1.25 bits per heavy atom. The molecule has 1 aromatic carbocycles. The molecular weight excluding hydrogens is 252 g/mol. The molecule has 2 aromatic rings. The summed E-state index contributed by atoms with van der Waals surface area (Å²) in [7, 11) is 0. The van der Waals surface area contributed by atoms with Gasteiger partial charge in [0.25, 0.3) is 0 Å². The number of rotatable bonds is 5. The van der Waals surface area contributed by atoms with E-state index in [0.717, 1.165) is 22.4 Å². The lowest BCUT2D eigenvalue weighted by Crippen LogP contribution is -2.03. The second-order valence-electron chi connectivity index (χ2n) is 4.53. The van der Waals surface area contributed by atoms with Crippen molar-refractivity contribution < 1.29 is 4.74 Å². The van der Waals surface area contributed by atoms with Crippen molar-refractivity contribution in [3.63, 3.8) is 0 Å². The van der Waals surface area contributed by atoms with Crippen LogP contribution in [0.25, 0.3) is 10.4 Å². The van der Waals surface area contributed by atoms with Gasteiger partial charge in [-0.15, -0.1) is 0 Å². The van der Waals surface area contributed by atoms with Crippen LogP contribution >= 0.6 is 0 Å². The SMILES string of the molecule is Cc1cc(C)c(CN=[N+]=[N-])c(OCc2ccccc2)n1. The second-order valence-corrected chi connectivity index (χ2v) is 4.53. The van der Waals surface area contributed by atoms with Crippen molar-refractivity contribution >= 4 is 0 Å². The zero-order valence-electron chi connectivity index (χ0n) is 11.6. The molecule has 0 amide bonds. The number of aryl methyl sites for hydroxylation is 2. The Kier molecular flexibility index (Phi) is 4.58. The van der Waals surface area contributed by atoms with Crippen LogP contribution < -0.4 is 4.74 Å². The molecule has 1 aromatic heterocycles. The van der Waals surface area contributed by atoms with Gasteiger partial charge in [0.15, 0.2) is 0 Å². The van der Waals surface area contributed by atoms with E-state index in [4.69, 9.17) is 10.3 Å². The zero-order valence-corrected chi connectivity index (χ0v) is 11.6. The van der Waals surface area contributed by atoms with Crippen molar-refractivity contribution in [2.24, 2.45) is 5.11 Å². The summed E-state index contributed by atoms with van der Waals surface area (Å²) in [4.78, 5) is 7.19. The second kappa shape index (κ2) is 6.59. The highest BCUT2D eigenvalue weighted by molar-refractivity contribution is 5.36. The molecule has 0 fully saturated rings. The summed E-state index contributed by atoms with van der Waals surface area (Å²) in [6.07, 6.45) is 0. The fraction of sp³-hybridized carbons (Fsp3) is 0.267. The highest BCUT2D eigenvalue weighted by Gasteiger charge is 2.09. The highest BCUT2D eigenvalue weighted by Crippen LogP contribution is 2.23. The molecule has 0 unspecified atom stereocenters. The normalized spacial score (nSPS) is 9.90. The van der Waals surface area contributed by atoms with Crippen molar-refractivity contribution in [2.75, 3.05) is 0 Å². The topological polar surface area (TPSA) is 70.9 Å². The third-order valence-corrected chi connectivity index (χ3v) is 2.95. The first-order valence-corrected chi connectivity index (χ1v) is 6.35. The van der Waals surface area contributed by atoms with E-state index < -0.39 is 0 Å². The molecule has 0 N–H and O–H groups in total. The van der Waals surface area contributed by atoms with Gasteiger partial charge in [-0.3, -0.25) is 0 Å². The lowest BCUT2D eigenvalue weighted by molar-refractivity contribution is 0.289. The van der Waals surface area contributed by atoms with Crippen LogP contribution in [0.4, 0.5) is 0 Å². The molecule has 0 bridgehead atoms. The van der Waals surface area contributed by atoms with Crippen LogP contribution in [0, 0.1) is 13.8 Å². The first-order chi connectivity index (χ1) is 9.70. The van der Waals surface area contributed by atoms with Gasteiger partial charge < -0.3 is 4.74 Å². The fourth-order valence-corrected chi connectivity index (χ4v) is 1.97. The van der Waals surface area contributed by atoms with Gasteiger partial charge in [0, 0.05) is 16.2 Å². The van der Waals surface area contributed by atoms with Crippen LogP contribution in [-0.4, -0.2) is 4.98 Å². The fourth-order valence-electron chi connectivity index (χ4n) is 1.97. The summed E-state index contributed by atoms with van der Waals surface area (Å²) >= 11 is 0. The third kappa shape index (κ3) is 3.49. The number of ether oxygens (including phenoxy) is 1. The predicted octanol–water partition coefficient (Wildman–Crippen LogP) is 4.09. The standard InChI is InChI=1S/C15H16N4O/c1-11-8-12(2)18-15(14(11)9-17-19-16)20-10-13-6-4-3-5-7-13/h3-8H,9-10H2,1-2H3. The van der Waals surface area contributed by atoms with E-state index in [-0.39, 0.29) is 6.54 Å². The van der Waals surface area contributed by atoms with E-state index in [0.29, 0.717) is 12.5 Å². The summed E-state index contributed by atoms with van der Waals surface area (Å²) < 4.78 is 5.79. The number of benzene rings is 1. The maximum absolute atomic E-state index is 8.47. The maximum atomic E-state index is 8.47. The molecular formula is C15H16N4O. The van der Waals surface area contributed by atoms with E-state index in [1.807, 2.05) is 50.2 Å². The molecule has 102 valence electrons. The molecule has 2 rings (SSSR count). The van der Waals surface area contributed by atoms with E-state index in [9.17, 15) is 0 Å². The van der Waals surface area contributed by atoms with Gasteiger partial charge in [-0.1, -0.05) is 35.4 Å². The first-order valence-electron chi connectivity index (χ1n) is 6.35. The van der Waals surface area contributed by atoms with Crippen molar-refractivity contribution in [3.8, 4) is 5.88 Å². The van der Waals surface area contributed by atoms with Gasteiger partial charge in [0.2, 0.25) is 5.88 Å². The number of aromatic nitrogens is 1. The smallest absolute Gasteiger partial charge is 0.217 e. The minimum absolute atomic E-state index is 0.250. The number of hydrogen-bond donors (Lipinski definition) is 0. The van der Waals surface area contributed by atoms with Gasteiger partial charge in [-0.2, -0.15) is 0 Å². The van der Waals surface area contributed by atoms with Crippen molar-refractivity contribution in [3.05, 3.63) is 69.2 Å². The molecule has 1 heterocycles. The Morgan fingerprint density at radius 2 is 2.00 bits per heavy atom. The molecule has 0 spiro atoms. The Labute approximate surface area is 117 Å². The van der Waals surface area contributed by atoms with Crippen LogP contribution in [0.2, 0.25) is 0 Å². The van der Waals surface area contributed by atoms with Gasteiger partial charge >= 0.3 is 0 Å². The average molecular weight is 268 g/mol. The van der Waals surface area contributed by atoms with Gasteiger partial charge in [-0.05, 0) is 36.6 Å². The summed E-state index contributed by atoms with van der Waals surface area (Å²) in [5.41, 5.74) is 12.3. The molecule has 5 nitrogen and oxygen atoms in total. The summed E-state index contributed by atoms with van der Waals surface area (Å²) in [5, 5.41) is 3.61. The summed E-state index contributed by atoms with van der Waals surface area (Å²) in [6, 6.07) is 11.8. The number of hydrogen-bond acceptors (Lipinski definition) is 3. The van der Waals surface area contributed by atoms with E-state index >= 15 is 0 Å². The monoisotopic (exact) mass is 268 g/mol. The van der Waals surface area contributed by atoms with Crippen LogP contribution in [-0.2, 0) is 13.2 Å². The van der Waals surface area contributed by atoms with E-state index in [1.165, 1.54) is 0 Å². The highest BCUT2D eigenvalue weighted by atomic mass is 16.5. The molecule has 0 saturated heterocycles. The largest absolute Gasteiger partial charge is 0.473 e. The van der Waals surface area contributed by atoms with Gasteiger partial charge in [-0.25, -0.2) is 4.98 Å². The zero-order chi connectivity index (χ0) is 14.4. The summed E-state index contributed by atoms with van der Waals surface area (Å²) in [6.45, 7) is 4.58. The van der Waals surface area contributed by atoms with Crippen LogP contribution in [0.5, 0.6) is 5.88 Å². The minimum Gasteiger partial charge on any atom is -0.473 e. The van der Waals surface area contributed by atoms with Crippen LogP contribution in [0.1, 0.15) is 22.4 Å². The number of nitrogens with zero attached hydrogens (tertiary/aromatic N) is 4. The molecule has 5 heteroatoms. The number of pyridine rings is 1. The predicted molar refractivity (Wildman–Crippen MR) is 77.3 cm³/mol. The Morgan fingerprint density at radius 3 is 2.70 bits per heavy atom. The number of azide groups is 1. The van der Waals surface area contributed by atoms with Crippen LogP contribution in [0.15, 0.2) is 41.5 Å². The molecule has 0 aliphatic heterocycles.